The van der Waals surface area contributed by atoms with Gasteiger partial charge in [-0.1, -0.05) is 6.07 Å². The first-order valence-electron chi connectivity index (χ1n) is 8.24. The standard InChI is InChI=1S/C17H19F3N4O2/c1-25-16-9-14(21-11-22-16)24-7-5-12(6-8-24)10-26-15-4-2-3-13(23-15)17(18,19)20/h2-4,9,11-12H,5-8,10H2,1H3. The normalized spacial score (nSPS) is 15.8. The van der Waals surface area contributed by atoms with Crippen molar-refractivity contribution in [2.24, 2.45) is 5.92 Å². The fourth-order valence-electron chi connectivity index (χ4n) is 2.80. The highest BCUT2D eigenvalue weighted by atomic mass is 19.4. The zero-order chi connectivity index (χ0) is 18.6. The van der Waals surface area contributed by atoms with Crippen molar-refractivity contribution in [2.45, 2.75) is 19.0 Å². The second-order valence-corrected chi connectivity index (χ2v) is 6.02. The maximum Gasteiger partial charge on any atom is 0.433 e. The van der Waals surface area contributed by atoms with Crippen LogP contribution < -0.4 is 14.4 Å². The molecule has 9 heteroatoms. The smallest absolute Gasteiger partial charge is 0.433 e. The number of halogens is 3. The molecule has 1 saturated heterocycles. The molecule has 6 nitrogen and oxygen atoms in total. The molecule has 26 heavy (non-hydrogen) atoms. The van der Waals surface area contributed by atoms with Crippen LogP contribution in [0.25, 0.3) is 0 Å². The van der Waals surface area contributed by atoms with Crippen molar-refractivity contribution in [3.63, 3.8) is 0 Å². The van der Waals surface area contributed by atoms with Gasteiger partial charge in [0.05, 0.1) is 13.7 Å². The Bertz CT molecular complexity index is 734. The number of alkyl halides is 3. The predicted molar refractivity (Wildman–Crippen MR) is 88.3 cm³/mol. The van der Waals surface area contributed by atoms with Crippen LogP contribution in [0.5, 0.6) is 11.8 Å². The lowest BCUT2D eigenvalue weighted by molar-refractivity contribution is -0.141. The lowest BCUT2D eigenvalue weighted by Gasteiger charge is -2.32. The number of anilines is 1. The minimum absolute atomic E-state index is 0.00258. The van der Waals surface area contributed by atoms with Crippen molar-refractivity contribution in [3.8, 4) is 11.8 Å². The number of nitrogens with zero attached hydrogens (tertiary/aromatic N) is 4. The van der Waals surface area contributed by atoms with Gasteiger partial charge in [-0.2, -0.15) is 13.2 Å². The molecule has 0 amide bonds. The summed E-state index contributed by atoms with van der Waals surface area (Å²) in [7, 11) is 1.55. The number of ether oxygens (including phenoxy) is 2. The van der Waals surface area contributed by atoms with Crippen LogP contribution >= 0.6 is 0 Å². The summed E-state index contributed by atoms with van der Waals surface area (Å²) in [5.74, 6) is 1.57. The van der Waals surface area contributed by atoms with Crippen LogP contribution in [0, 0.1) is 5.92 Å². The molecule has 0 spiro atoms. The summed E-state index contributed by atoms with van der Waals surface area (Å²) in [5, 5.41) is 0. The highest BCUT2D eigenvalue weighted by Gasteiger charge is 2.32. The number of aromatic nitrogens is 3. The Morgan fingerprint density at radius 3 is 2.62 bits per heavy atom. The van der Waals surface area contributed by atoms with Crippen molar-refractivity contribution in [1.29, 1.82) is 0 Å². The predicted octanol–water partition coefficient (Wildman–Crippen LogP) is 3.19. The molecule has 1 fully saturated rings. The lowest BCUT2D eigenvalue weighted by Crippen LogP contribution is -2.36. The van der Waals surface area contributed by atoms with E-state index in [2.05, 4.69) is 19.9 Å². The SMILES string of the molecule is COc1cc(N2CCC(COc3cccc(C(F)(F)F)n3)CC2)ncn1. The molecule has 3 heterocycles. The summed E-state index contributed by atoms with van der Waals surface area (Å²) in [4.78, 5) is 13.9. The van der Waals surface area contributed by atoms with Crippen LogP contribution in [-0.4, -0.2) is 41.8 Å². The van der Waals surface area contributed by atoms with Crippen LogP contribution in [-0.2, 0) is 6.18 Å². The molecule has 0 aliphatic carbocycles. The van der Waals surface area contributed by atoms with Crippen LogP contribution in [0.2, 0.25) is 0 Å². The van der Waals surface area contributed by atoms with E-state index in [1.807, 2.05) is 0 Å². The number of pyridine rings is 1. The van der Waals surface area contributed by atoms with Crippen LogP contribution in [0.15, 0.2) is 30.6 Å². The van der Waals surface area contributed by atoms with Crippen molar-refractivity contribution < 1.29 is 22.6 Å². The summed E-state index contributed by atoms with van der Waals surface area (Å²) < 4.78 is 48.6. The highest BCUT2D eigenvalue weighted by Crippen LogP contribution is 2.29. The van der Waals surface area contributed by atoms with Gasteiger partial charge in [-0.3, -0.25) is 0 Å². The van der Waals surface area contributed by atoms with Crippen LogP contribution in [0.1, 0.15) is 18.5 Å². The third-order valence-electron chi connectivity index (χ3n) is 4.26. The molecule has 0 radical (unpaired) electrons. The second-order valence-electron chi connectivity index (χ2n) is 6.02. The summed E-state index contributed by atoms with van der Waals surface area (Å²) in [6, 6.07) is 5.46. The van der Waals surface area contributed by atoms with Gasteiger partial charge in [0, 0.05) is 25.2 Å². The molecule has 0 unspecified atom stereocenters. The average molecular weight is 368 g/mol. The molecule has 0 N–H and O–H groups in total. The summed E-state index contributed by atoms with van der Waals surface area (Å²) in [5.41, 5.74) is -0.942. The van der Waals surface area contributed by atoms with E-state index in [1.165, 1.54) is 18.5 Å². The zero-order valence-corrected chi connectivity index (χ0v) is 14.2. The second kappa shape index (κ2) is 7.76. The molecule has 0 saturated carbocycles. The summed E-state index contributed by atoms with van der Waals surface area (Å²) in [6.45, 7) is 1.91. The maximum atomic E-state index is 12.7. The molecule has 0 bridgehead atoms. The quantitative estimate of drug-likeness (QED) is 0.808. The van der Waals surface area contributed by atoms with Gasteiger partial charge >= 0.3 is 6.18 Å². The van der Waals surface area contributed by atoms with E-state index in [4.69, 9.17) is 9.47 Å². The first-order chi connectivity index (χ1) is 12.5. The molecule has 2 aromatic heterocycles. The van der Waals surface area contributed by atoms with E-state index in [1.54, 1.807) is 13.2 Å². The molecule has 2 aromatic rings. The van der Waals surface area contributed by atoms with E-state index in [0.717, 1.165) is 37.8 Å². The third-order valence-corrected chi connectivity index (χ3v) is 4.26. The fourth-order valence-corrected chi connectivity index (χ4v) is 2.80. The minimum atomic E-state index is -4.47. The average Bonchev–Trinajstić information content (AvgIpc) is 2.66. The number of piperidine rings is 1. The third kappa shape index (κ3) is 4.53. The van der Waals surface area contributed by atoms with Crippen LogP contribution in [0.3, 0.4) is 0 Å². The van der Waals surface area contributed by atoms with Gasteiger partial charge in [0.2, 0.25) is 11.8 Å². The highest BCUT2D eigenvalue weighted by molar-refractivity contribution is 5.41. The molecule has 1 aliphatic rings. The van der Waals surface area contributed by atoms with Gasteiger partial charge in [-0.25, -0.2) is 15.0 Å². The van der Waals surface area contributed by atoms with Gasteiger partial charge in [0.25, 0.3) is 0 Å². The first kappa shape index (κ1) is 18.2. The van der Waals surface area contributed by atoms with Crippen molar-refractivity contribution in [3.05, 3.63) is 36.3 Å². The molecule has 3 rings (SSSR count). The molecular formula is C17H19F3N4O2. The Labute approximate surface area is 149 Å². The fraction of sp³-hybridized carbons (Fsp3) is 0.471. The van der Waals surface area contributed by atoms with E-state index in [9.17, 15) is 13.2 Å². The first-order valence-corrected chi connectivity index (χ1v) is 8.24. The molecule has 1 aliphatic heterocycles. The van der Waals surface area contributed by atoms with Gasteiger partial charge in [-0.15, -0.1) is 0 Å². The van der Waals surface area contributed by atoms with Gasteiger partial charge in [0.1, 0.15) is 17.8 Å². The molecule has 0 atom stereocenters. The van der Waals surface area contributed by atoms with Crippen LogP contribution in [0.4, 0.5) is 19.0 Å². The Hall–Kier alpha value is -2.58. The monoisotopic (exact) mass is 368 g/mol. The number of methoxy groups -OCH3 is 1. The van der Waals surface area contributed by atoms with Crippen molar-refractivity contribution in [2.75, 3.05) is 31.7 Å². The molecule has 140 valence electrons. The Morgan fingerprint density at radius 2 is 1.92 bits per heavy atom. The minimum Gasteiger partial charge on any atom is -0.481 e. The van der Waals surface area contributed by atoms with Gasteiger partial charge in [-0.05, 0) is 24.8 Å². The number of hydrogen-bond acceptors (Lipinski definition) is 6. The number of rotatable bonds is 5. The Morgan fingerprint density at radius 1 is 1.15 bits per heavy atom. The van der Waals surface area contributed by atoms with Crippen molar-refractivity contribution in [1.82, 2.24) is 15.0 Å². The van der Waals surface area contributed by atoms with Gasteiger partial charge < -0.3 is 14.4 Å². The van der Waals surface area contributed by atoms with E-state index in [-0.39, 0.29) is 11.8 Å². The van der Waals surface area contributed by atoms with E-state index >= 15 is 0 Å². The molecular weight excluding hydrogens is 349 g/mol. The maximum absolute atomic E-state index is 12.7. The van der Waals surface area contributed by atoms with Gasteiger partial charge in [0.15, 0.2) is 0 Å². The topological polar surface area (TPSA) is 60.4 Å². The van der Waals surface area contributed by atoms with E-state index in [0.29, 0.717) is 12.5 Å². The largest absolute Gasteiger partial charge is 0.481 e. The Kier molecular flexibility index (Phi) is 5.43. The summed E-state index contributed by atoms with van der Waals surface area (Å²) >= 11 is 0. The zero-order valence-electron chi connectivity index (χ0n) is 14.2. The van der Waals surface area contributed by atoms with Crippen molar-refractivity contribution >= 4 is 5.82 Å². The Balaban J connectivity index is 1.51. The molecule has 0 aromatic carbocycles. The number of hydrogen-bond donors (Lipinski definition) is 0. The summed E-state index contributed by atoms with van der Waals surface area (Å²) in [6.07, 6.45) is -1.30. The lowest BCUT2D eigenvalue weighted by atomic mass is 9.98. The van der Waals surface area contributed by atoms with E-state index < -0.39 is 11.9 Å².